The summed E-state index contributed by atoms with van der Waals surface area (Å²) in [4.78, 5) is 4.51. The summed E-state index contributed by atoms with van der Waals surface area (Å²) < 4.78 is 0.875. The molecule has 5 heteroatoms. The minimum Gasteiger partial charge on any atom is -0.308 e. The summed E-state index contributed by atoms with van der Waals surface area (Å²) >= 11 is 9.49. The highest BCUT2D eigenvalue weighted by Gasteiger charge is 2.08. The Kier molecular flexibility index (Phi) is 3.86. The fourth-order valence-electron chi connectivity index (χ4n) is 1.84. The van der Waals surface area contributed by atoms with Crippen LogP contribution in [0.25, 0.3) is 10.9 Å². The molecule has 0 fully saturated rings. The number of rotatable bonds is 3. The van der Waals surface area contributed by atoms with Crippen LogP contribution in [0.15, 0.2) is 22.7 Å². The lowest BCUT2D eigenvalue weighted by atomic mass is 10.1. The molecule has 0 radical (unpaired) electrons. The second kappa shape index (κ2) is 5.21. The molecule has 0 aliphatic heterocycles. The molecular weight excluding hydrogens is 302 g/mol. The van der Waals surface area contributed by atoms with Crippen LogP contribution in [0.2, 0.25) is 5.02 Å². The molecule has 0 unspecified atom stereocenters. The molecule has 0 amide bonds. The van der Waals surface area contributed by atoms with Crippen molar-refractivity contribution in [3.8, 4) is 0 Å². The average molecular weight is 315 g/mol. The minimum absolute atomic E-state index is 0.696. The van der Waals surface area contributed by atoms with Gasteiger partial charge in [-0.25, -0.2) is 10.8 Å². The van der Waals surface area contributed by atoms with Crippen LogP contribution < -0.4 is 11.3 Å². The molecule has 3 N–H and O–H groups in total. The van der Waals surface area contributed by atoms with Gasteiger partial charge in [0, 0.05) is 14.9 Å². The van der Waals surface area contributed by atoms with Gasteiger partial charge in [-0.15, -0.1) is 0 Å². The molecule has 1 aromatic carbocycles. The van der Waals surface area contributed by atoms with Crippen molar-refractivity contribution in [2.45, 2.75) is 19.8 Å². The summed E-state index contributed by atoms with van der Waals surface area (Å²) in [7, 11) is 0. The summed E-state index contributed by atoms with van der Waals surface area (Å²) in [5.41, 5.74) is 4.62. The van der Waals surface area contributed by atoms with Crippen LogP contribution in [0, 0.1) is 0 Å². The number of nitrogen functional groups attached to an aromatic ring is 1. The highest BCUT2D eigenvalue weighted by molar-refractivity contribution is 9.10. The van der Waals surface area contributed by atoms with Gasteiger partial charge in [-0.05, 0) is 46.1 Å². The summed E-state index contributed by atoms with van der Waals surface area (Å²) in [5.74, 6) is 6.22. The molecule has 0 spiro atoms. The van der Waals surface area contributed by atoms with Gasteiger partial charge in [0.15, 0.2) is 0 Å². The monoisotopic (exact) mass is 313 g/mol. The SMILES string of the molecule is CCCc1cc2cc(Cl)cc(Br)c2nc1NN. The number of nitrogens with zero attached hydrogens (tertiary/aromatic N) is 1. The molecule has 1 aromatic heterocycles. The zero-order valence-electron chi connectivity index (χ0n) is 9.43. The molecule has 0 saturated heterocycles. The second-order valence-corrected chi connectivity index (χ2v) is 5.14. The number of pyridine rings is 1. The Morgan fingerprint density at radius 2 is 2.18 bits per heavy atom. The fourth-order valence-corrected chi connectivity index (χ4v) is 2.76. The van der Waals surface area contributed by atoms with E-state index in [4.69, 9.17) is 17.4 Å². The van der Waals surface area contributed by atoms with E-state index in [2.05, 4.69) is 39.3 Å². The second-order valence-electron chi connectivity index (χ2n) is 3.85. The van der Waals surface area contributed by atoms with E-state index in [0.717, 1.165) is 39.6 Å². The Bertz CT molecular complexity index is 557. The smallest absolute Gasteiger partial charge is 0.143 e. The lowest BCUT2D eigenvalue weighted by Crippen LogP contribution is -2.11. The van der Waals surface area contributed by atoms with Crippen LogP contribution in [-0.4, -0.2) is 4.98 Å². The van der Waals surface area contributed by atoms with E-state index in [1.165, 1.54) is 0 Å². The quantitative estimate of drug-likeness (QED) is 0.667. The van der Waals surface area contributed by atoms with Gasteiger partial charge >= 0.3 is 0 Å². The number of fused-ring (bicyclic) bond motifs is 1. The number of aryl methyl sites for hydroxylation is 1. The van der Waals surface area contributed by atoms with E-state index in [-0.39, 0.29) is 0 Å². The maximum absolute atomic E-state index is 6.03. The summed E-state index contributed by atoms with van der Waals surface area (Å²) in [6.45, 7) is 2.12. The zero-order chi connectivity index (χ0) is 12.4. The molecule has 0 aliphatic carbocycles. The van der Waals surface area contributed by atoms with E-state index < -0.39 is 0 Å². The molecule has 17 heavy (non-hydrogen) atoms. The number of hydrogen-bond acceptors (Lipinski definition) is 3. The number of nitrogens with one attached hydrogen (secondary N) is 1. The molecule has 1 heterocycles. The molecule has 0 aliphatic rings. The molecule has 90 valence electrons. The van der Waals surface area contributed by atoms with Crippen molar-refractivity contribution < 1.29 is 0 Å². The Labute approximate surface area is 113 Å². The van der Waals surface area contributed by atoms with Gasteiger partial charge in [0.1, 0.15) is 5.82 Å². The van der Waals surface area contributed by atoms with E-state index in [1.807, 2.05) is 12.1 Å². The van der Waals surface area contributed by atoms with E-state index in [9.17, 15) is 0 Å². The van der Waals surface area contributed by atoms with E-state index in [0.29, 0.717) is 5.02 Å². The Morgan fingerprint density at radius 1 is 1.41 bits per heavy atom. The molecule has 0 atom stereocenters. The maximum atomic E-state index is 6.03. The van der Waals surface area contributed by atoms with Crippen LogP contribution in [0.3, 0.4) is 0 Å². The van der Waals surface area contributed by atoms with E-state index in [1.54, 1.807) is 0 Å². The van der Waals surface area contributed by atoms with Crippen LogP contribution in [0.5, 0.6) is 0 Å². The number of hydrazine groups is 1. The first-order chi connectivity index (χ1) is 8.15. The van der Waals surface area contributed by atoms with Crippen molar-refractivity contribution in [3.63, 3.8) is 0 Å². The summed E-state index contributed by atoms with van der Waals surface area (Å²) in [5, 5.41) is 1.72. The number of nitrogens with two attached hydrogens (primary N) is 1. The first-order valence-electron chi connectivity index (χ1n) is 5.41. The van der Waals surface area contributed by atoms with Crippen molar-refractivity contribution >= 4 is 44.3 Å². The lowest BCUT2D eigenvalue weighted by molar-refractivity contribution is 0.917. The molecule has 0 bridgehead atoms. The number of anilines is 1. The highest BCUT2D eigenvalue weighted by Crippen LogP contribution is 2.30. The minimum atomic E-state index is 0.696. The molecule has 0 saturated carbocycles. The van der Waals surface area contributed by atoms with Gasteiger partial charge in [-0.1, -0.05) is 24.9 Å². The fraction of sp³-hybridized carbons (Fsp3) is 0.250. The maximum Gasteiger partial charge on any atom is 0.143 e. The largest absolute Gasteiger partial charge is 0.308 e. The van der Waals surface area contributed by atoms with Crippen molar-refractivity contribution in [3.05, 3.63) is 33.3 Å². The number of halogens is 2. The standard InChI is InChI=1S/C12H13BrClN3/c1-2-3-7-4-8-5-9(14)6-10(13)11(8)16-12(7)17-15/h4-6H,2-3,15H2,1H3,(H,16,17). The van der Waals surface area contributed by atoms with Crippen LogP contribution in [0.4, 0.5) is 5.82 Å². The summed E-state index contributed by atoms with van der Waals surface area (Å²) in [6, 6.07) is 5.82. The molecular formula is C12H13BrClN3. The predicted octanol–water partition coefficient (Wildman–Crippen LogP) is 3.89. The van der Waals surface area contributed by atoms with Gasteiger partial charge in [0.25, 0.3) is 0 Å². The van der Waals surface area contributed by atoms with Gasteiger partial charge in [0.2, 0.25) is 0 Å². The van der Waals surface area contributed by atoms with Gasteiger partial charge in [-0.3, -0.25) is 0 Å². The Morgan fingerprint density at radius 3 is 2.82 bits per heavy atom. The third-order valence-corrected chi connectivity index (χ3v) is 3.39. The predicted molar refractivity (Wildman–Crippen MR) is 76.3 cm³/mol. The van der Waals surface area contributed by atoms with Gasteiger partial charge in [0.05, 0.1) is 5.52 Å². The molecule has 3 nitrogen and oxygen atoms in total. The number of hydrogen-bond donors (Lipinski definition) is 2. The van der Waals surface area contributed by atoms with Crippen molar-refractivity contribution in [2.24, 2.45) is 5.84 Å². The normalized spacial score (nSPS) is 10.8. The highest BCUT2D eigenvalue weighted by atomic mass is 79.9. The topological polar surface area (TPSA) is 50.9 Å². The van der Waals surface area contributed by atoms with Gasteiger partial charge in [-0.2, -0.15) is 0 Å². The first kappa shape index (κ1) is 12.6. The first-order valence-corrected chi connectivity index (χ1v) is 6.58. The molecule has 2 aromatic rings. The Balaban J connectivity index is 2.69. The number of aromatic nitrogens is 1. The van der Waals surface area contributed by atoms with Crippen LogP contribution in [0.1, 0.15) is 18.9 Å². The third-order valence-electron chi connectivity index (χ3n) is 2.57. The van der Waals surface area contributed by atoms with Gasteiger partial charge < -0.3 is 5.43 Å². The van der Waals surface area contributed by atoms with Crippen molar-refractivity contribution in [2.75, 3.05) is 5.43 Å². The Hall–Kier alpha value is -0.840. The van der Waals surface area contributed by atoms with Crippen molar-refractivity contribution in [1.82, 2.24) is 4.98 Å². The third kappa shape index (κ3) is 2.54. The van der Waals surface area contributed by atoms with Crippen LogP contribution in [-0.2, 0) is 6.42 Å². The van der Waals surface area contributed by atoms with Crippen molar-refractivity contribution in [1.29, 1.82) is 0 Å². The number of benzene rings is 1. The van der Waals surface area contributed by atoms with Crippen LogP contribution >= 0.6 is 27.5 Å². The van der Waals surface area contributed by atoms with E-state index >= 15 is 0 Å². The average Bonchev–Trinajstić information content (AvgIpc) is 2.28. The zero-order valence-corrected chi connectivity index (χ0v) is 11.8. The summed E-state index contributed by atoms with van der Waals surface area (Å²) in [6.07, 6.45) is 1.98. The lowest BCUT2D eigenvalue weighted by Gasteiger charge is -2.10. The molecule has 2 rings (SSSR count).